The summed E-state index contributed by atoms with van der Waals surface area (Å²) in [6.07, 6.45) is 0. The van der Waals surface area contributed by atoms with Crippen molar-refractivity contribution in [3.63, 3.8) is 0 Å². The monoisotopic (exact) mass is 325 g/mol. The number of hydrogen-bond acceptors (Lipinski definition) is 3. The molecule has 0 unspecified atom stereocenters. The Morgan fingerprint density at radius 2 is 1.90 bits per heavy atom. The maximum Gasteiger partial charge on any atom is 0.129 e. The standard InChI is InChI=1S/C14H10ClF2N3S/c1-20-14(18)11(7-4-8(16)6-9(17)5-7)12(19-20)13-10(15)2-3-21-13/h2-6H,18H2,1H3. The van der Waals surface area contributed by atoms with Crippen LogP contribution in [0.15, 0.2) is 29.6 Å². The molecule has 0 saturated heterocycles. The van der Waals surface area contributed by atoms with Crippen LogP contribution in [0, 0.1) is 11.6 Å². The van der Waals surface area contributed by atoms with Gasteiger partial charge in [0.25, 0.3) is 0 Å². The molecule has 0 saturated carbocycles. The number of aromatic nitrogens is 2. The molecule has 3 aromatic rings. The van der Waals surface area contributed by atoms with Gasteiger partial charge in [0.15, 0.2) is 0 Å². The topological polar surface area (TPSA) is 43.8 Å². The third-order valence-electron chi connectivity index (χ3n) is 3.08. The first-order valence-electron chi connectivity index (χ1n) is 5.99. The fraction of sp³-hybridized carbons (Fsp3) is 0.0714. The second-order valence-electron chi connectivity index (χ2n) is 4.49. The second kappa shape index (κ2) is 5.13. The summed E-state index contributed by atoms with van der Waals surface area (Å²) in [5, 5.41) is 6.66. The van der Waals surface area contributed by atoms with Gasteiger partial charge < -0.3 is 5.73 Å². The lowest BCUT2D eigenvalue weighted by Crippen LogP contribution is -1.98. The molecule has 0 fully saturated rings. The van der Waals surface area contributed by atoms with Crippen LogP contribution in [0.2, 0.25) is 5.02 Å². The number of rotatable bonds is 2. The van der Waals surface area contributed by atoms with Crippen molar-refractivity contribution in [1.82, 2.24) is 9.78 Å². The zero-order valence-electron chi connectivity index (χ0n) is 10.9. The Bertz CT molecular complexity index is 805. The van der Waals surface area contributed by atoms with Crippen LogP contribution in [0.25, 0.3) is 21.7 Å². The summed E-state index contributed by atoms with van der Waals surface area (Å²) in [5.41, 5.74) is 7.33. The van der Waals surface area contributed by atoms with E-state index in [2.05, 4.69) is 5.10 Å². The van der Waals surface area contributed by atoms with Gasteiger partial charge in [0, 0.05) is 13.1 Å². The molecule has 2 N–H and O–H groups in total. The average molecular weight is 326 g/mol. The fourth-order valence-corrected chi connectivity index (χ4v) is 3.28. The number of nitrogen functional groups attached to an aromatic ring is 1. The molecule has 3 nitrogen and oxygen atoms in total. The van der Waals surface area contributed by atoms with Gasteiger partial charge in [0.2, 0.25) is 0 Å². The molecule has 7 heteroatoms. The molecule has 0 atom stereocenters. The fourth-order valence-electron chi connectivity index (χ4n) is 2.14. The van der Waals surface area contributed by atoms with E-state index >= 15 is 0 Å². The summed E-state index contributed by atoms with van der Waals surface area (Å²) in [6.45, 7) is 0. The van der Waals surface area contributed by atoms with Gasteiger partial charge in [-0.25, -0.2) is 8.78 Å². The molecular weight excluding hydrogens is 316 g/mol. The first kappa shape index (κ1) is 14.0. The Morgan fingerprint density at radius 1 is 1.24 bits per heavy atom. The van der Waals surface area contributed by atoms with Crippen molar-refractivity contribution in [2.75, 3.05) is 5.73 Å². The van der Waals surface area contributed by atoms with Crippen molar-refractivity contribution in [3.05, 3.63) is 46.3 Å². The number of benzene rings is 1. The van der Waals surface area contributed by atoms with Crippen LogP contribution in [0.4, 0.5) is 14.6 Å². The van der Waals surface area contributed by atoms with Crippen molar-refractivity contribution < 1.29 is 8.78 Å². The Balaban J connectivity index is 2.29. The van der Waals surface area contributed by atoms with E-state index in [1.807, 2.05) is 5.38 Å². The van der Waals surface area contributed by atoms with Crippen LogP contribution in [0.3, 0.4) is 0 Å². The number of nitrogens with zero attached hydrogens (tertiary/aromatic N) is 2. The highest BCUT2D eigenvalue weighted by molar-refractivity contribution is 7.14. The highest BCUT2D eigenvalue weighted by Gasteiger charge is 2.21. The summed E-state index contributed by atoms with van der Waals surface area (Å²) in [7, 11) is 1.67. The molecule has 0 spiro atoms. The predicted octanol–water partition coefficient (Wildman–Crippen LogP) is 4.33. The minimum absolute atomic E-state index is 0.319. The quantitative estimate of drug-likeness (QED) is 0.762. The third-order valence-corrected chi connectivity index (χ3v) is 4.42. The number of aryl methyl sites for hydroxylation is 1. The maximum atomic E-state index is 13.5. The number of thiophene rings is 1. The van der Waals surface area contributed by atoms with Crippen molar-refractivity contribution in [2.24, 2.45) is 7.05 Å². The van der Waals surface area contributed by atoms with Crippen LogP contribution < -0.4 is 5.73 Å². The number of nitrogens with two attached hydrogens (primary N) is 1. The molecule has 108 valence electrons. The molecular formula is C14H10ClF2N3S. The number of anilines is 1. The molecule has 0 radical (unpaired) electrons. The van der Waals surface area contributed by atoms with E-state index in [4.69, 9.17) is 17.3 Å². The van der Waals surface area contributed by atoms with Crippen LogP contribution in [0.5, 0.6) is 0 Å². The smallest absolute Gasteiger partial charge is 0.129 e. The molecule has 0 bridgehead atoms. The summed E-state index contributed by atoms with van der Waals surface area (Å²) in [6, 6.07) is 5.00. The van der Waals surface area contributed by atoms with E-state index < -0.39 is 11.6 Å². The average Bonchev–Trinajstić information content (AvgIpc) is 2.93. The van der Waals surface area contributed by atoms with Crippen LogP contribution in [0.1, 0.15) is 0 Å². The van der Waals surface area contributed by atoms with Gasteiger partial charge in [-0.15, -0.1) is 11.3 Å². The van der Waals surface area contributed by atoms with Crippen LogP contribution in [-0.2, 0) is 7.05 Å². The molecule has 2 heterocycles. The van der Waals surface area contributed by atoms with Crippen LogP contribution >= 0.6 is 22.9 Å². The summed E-state index contributed by atoms with van der Waals surface area (Å²) >= 11 is 7.52. The lowest BCUT2D eigenvalue weighted by atomic mass is 10.0. The molecule has 1 aromatic carbocycles. The largest absolute Gasteiger partial charge is 0.383 e. The summed E-state index contributed by atoms with van der Waals surface area (Å²) in [4.78, 5) is 0.712. The van der Waals surface area contributed by atoms with Gasteiger partial charge >= 0.3 is 0 Å². The van der Waals surface area contributed by atoms with Gasteiger partial charge in [-0.05, 0) is 29.1 Å². The lowest BCUT2D eigenvalue weighted by molar-refractivity contribution is 0.584. The SMILES string of the molecule is Cn1nc(-c2sccc2Cl)c(-c2cc(F)cc(F)c2)c1N. The lowest BCUT2D eigenvalue weighted by Gasteiger charge is -2.04. The van der Waals surface area contributed by atoms with E-state index in [0.717, 1.165) is 6.07 Å². The van der Waals surface area contributed by atoms with Crippen molar-refractivity contribution >= 4 is 28.8 Å². The zero-order valence-corrected chi connectivity index (χ0v) is 12.5. The van der Waals surface area contributed by atoms with E-state index in [0.29, 0.717) is 32.5 Å². The zero-order chi connectivity index (χ0) is 15.1. The van der Waals surface area contributed by atoms with E-state index in [-0.39, 0.29) is 0 Å². The maximum absolute atomic E-state index is 13.5. The van der Waals surface area contributed by atoms with Gasteiger partial charge in [-0.2, -0.15) is 5.10 Å². The van der Waals surface area contributed by atoms with Crippen molar-refractivity contribution in [2.45, 2.75) is 0 Å². The molecule has 0 aliphatic heterocycles. The minimum atomic E-state index is -0.670. The molecule has 3 rings (SSSR count). The van der Waals surface area contributed by atoms with Gasteiger partial charge in [-0.3, -0.25) is 4.68 Å². The first-order chi connectivity index (χ1) is 9.97. The molecule has 0 amide bonds. The van der Waals surface area contributed by atoms with E-state index in [9.17, 15) is 8.78 Å². The molecule has 21 heavy (non-hydrogen) atoms. The number of hydrogen-bond donors (Lipinski definition) is 1. The Labute approximate surface area is 128 Å². The Hall–Kier alpha value is -1.92. The molecule has 0 aliphatic carbocycles. The van der Waals surface area contributed by atoms with Crippen molar-refractivity contribution in [1.29, 1.82) is 0 Å². The number of halogens is 3. The van der Waals surface area contributed by atoms with E-state index in [1.165, 1.54) is 28.2 Å². The van der Waals surface area contributed by atoms with Gasteiger partial charge in [-0.1, -0.05) is 11.6 Å². The normalized spacial score (nSPS) is 11.0. The van der Waals surface area contributed by atoms with Gasteiger partial charge in [0.1, 0.15) is 23.1 Å². The first-order valence-corrected chi connectivity index (χ1v) is 7.25. The molecule has 2 aromatic heterocycles. The van der Waals surface area contributed by atoms with E-state index in [1.54, 1.807) is 13.1 Å². The van der Waals surface area contributed by atoms with Gasteiger partial charge in [0.05, 0.1) is 15.5 Å². The highest BCUT2D eigenvalue weighted by atomic mass is 35.5. The third kappa shape index (κ3) is 2.41. The Kier molecular flexibility index (Phi) is 3.43. The highest BCUT2D eigenvalue weighted by Crippen LogP contribution is 2.41. The summed E-state index contributed by atoms with van der Waals surface area (Å²) < 4.78 is 28.4. The summed E-state index contributed by atoms with van der Waals surface area (Å²) in [5.74, 6) is -1.02. The predicted molar refractivity (Wildman–Crippen MR) is 81.3 cm³/mol. The molecule has 0 aliphatic rings. The minimum Gasteiger partial charge on any atom is -0.383 e. The van der Waals surface area contributed by atoms with Crippen molar-refractivity contribution in [3.8, 4) is 21.7 Å². The second-order valence-corrected chi connectivity index (χ2v) is 5.81. The van der Waals surface area contributed by atoms with Crippen LogP contribution in [-0.4, -0.2) is 9.78 Å². The Morgan fingerprint density at radius 3 is 2.48 bits per heavy atom.